The number of benzene rings is 2. The predicted molar refractivity (Wildman–Crippen MR) is 106 cm³/mol. The number of aliphatic hydroxyl groups excluding tert-OH is 1. The summed E-state index contributed by atoms with van der Waals surface area (Å²) in [6.45, 7) is 1.98. The number of anilines is 1. The van der Waals surface area contributed by atoms with Crippen molar-refractivity contribution in [1.82, 2.24) is 0 Å². The van der Waals surface area contributed by atoms with Crippen LogP contribution in [0.3, 0.4) is 0 Å². The smallest absolute Gasteiger partial charge is 0.412 e. The summed E-state index contributed by atoms with van der Waals surface area (Å²) in [5.74, 6) is 0.176. The van der Waals surface area contributed by atoms with Crippen LogP contribution in [-0.4, -0.2) is 42.7 Å². The zero-order valence-corrected chi connectivity index (χ0v) is 16.3. The molecule has 0 saturated carbocycles. The first-order valence-corrected chi connectivity index (χ1v) is 9.09. The summed E-state index contributed by atoms with van der Waals surface area (Å²) in [7, 11) is 1.43. The van der Waals surface area contributed by atoms with Crippen molar-refractivity contribution in [3.63, 3.8) is 0 Å². The van der Waals surface area contributed by atoms with Gasteiger partial charge >= 0.3 is 6.09 Å². The number of nitriles is 1. The van der Waals surface area contributed by atoms with Crippen LogP contribution in [0.4, 0.5) is 10.5 Å². The van der Waals surface area contributed by atoms with Crippen LogP contribution in [0.15, 0.2) is 42.5 Å². The molecule has 1 amide bonds. The fourth-order valence-corrected chi connectivity index (χ4v) is 2.80. The minimum absolute atomic E-state index is 0.106. The number of amides is 1. The molecule has 29 heavy (non-hydrogen) atoms. The number of phenols is 1. The number of phenolic OH excluding ortho intramolecular Hbond substituents is 1. The molecule has 2 rings (SSSR count). The van der Waals surface area contributed by atoms with Gasteiger partial charge in [0.15, 0.2) is 17.6 Å². The van der Waals surface area contributed by atoms with Crippen LogP contribution >= 0.6 is 0 Å². The van der Waals surface area contributed by atoms with Crippen molar-refractivity contribution in [3.05, 3.63) is 53.6 Å². The molecule has 0 fully saturated rings. The minimum atomic E-state index is -0.878. The molecular formula is C21H24N2O6. The van der Waals surface area contributed by atoms with Crippen molar-refractivity contribution in [2.24, 2.45) is 0 Å². The normalized spacial score (nSPS) is 12.5. The largest absolute Gasteiger partial charge is 0.504 e. The highest BCUT2D eigenvalue weighted by molar-refractivity contribution is 5.84. The second-order valence-corrected chi connectivity index (χ2v) is 6.08. The van der Waals surface area contributed by atoms with E-state index in [1.54, 1.807) is 43.3 Å². The van der Waals surface area contributed by atoms with Gasteiger partial charge in [-0.15, -0.1) is 0 Å². The number of carbonyl (C=O) groups excluding carboxylic acids is 1. The average molecular weight is 400 g/mol. The van der Waals surface area contributed by atoms with Gasteiger partial charge in [-0.3, -0.25) is 5.32 Å². The molecule has 0 saturated heterocycles. The second-order valence-electron chi connectivity index (χ2n) is 6.08. The van der Waals surface area contributed by atoms with Crippen LogP contribution < -0.4 is 10.1 Å². The number of nitrogens with one attached hydrogen (secondary N) is 1. The van der Waals surface area contributed by atoms with Gasteiger partial charge in [0.25, 0.3) is 0 Å². The van der Waals surface area contributed by atoms with Gasteiger partial charge in [-0.1, -0.05) is 6.07 Å². The Morgan fingerprint density at radius 2 is 1.97 bits per heavy atom. The van der Waals surface area contributed by atoms with Gasteiger partial charge in [0, 0.05) is 25.3 Å². The maximum absolute atomic E-state index is 12.5. The van der Waals surface area contributed by atoms with Crippen LogP contribution in [0.2, 0.25) is 0 Å². The predicted octanol–water partition coefficient (Wildman–Crippen LogP) is 3.35. The van der Waals surface area contributed by atoms with Crippen LogP contribution in [0.5, 0.6) is 11.5 Å². The lowest BCUT2D eigenvalue weighted by atomic mass is 10.0. The Morgan fingerprint density at radius 3 is 2.52 bits per heavy atom. The fourth-order valence-electron chi connectivity index (χ4n) is 2.80. The monoisotopic (exact) mass is 400 g/mol. The number of rotatable bonds is 9. The van der Waals surface area contributed by atoms with Crippen LogP contribution in [0.1, 0.15) is 30.6 Å². The number of hydrogen-bond donors (Lipinski definition) is 3. The topological polar surface area (TPSA) is 121 Å². The molecule has 154 valence electrons. The van der Waals surface area contributed by atoms with Crippen molar-refractivity contribution in [1.29, 1.82) is 5.26 Å². The summed E-state index contributed by atoms with van der Waals surface area (Å²) < 4.78 is 16.3. The van der Waals surface area contributed by atoms with E-state index in [0.29, 0.717) is 23.4 Å². The molecule has 8 heteroatoms. The highest BCUT2D eigenvalue weighted by Gasteiger charge is 2.28. The maximum atomic E-state index is 12.5. The van der Waals surface area contributed by atoms with Gasteiger partial charge in [0.2, 0.25) is 0 Å². The van der Waals surface area contributed by atoms with E-state index in [4.69, 9.17) is 19.5 Å². The van der Waals surface area contributed by atoms with E-state index in [0.717, 1.165) is 0 Å². The highest BCUT2D eigenvalue weighted by Crippen LogP contribution is 2.33. The Bertz CT molecular complexity index is 841. The molecule has 0 radical (unpaired) electrons. The number of nitrogens with zero attached hydrogens (tertiary/aromatic N) is 1. The van der Waals surface area contributed by atoms with E-state index in [1.165, 1.54) is 13.2 Å². The van der Waals surface area contributed by atoms with Gasteiger partial charge < -0.3 is 24.4 Å². The molecule has 0 aromatic heterocycles. The number of methoxy groups -OCH3 is 1. The van der Waals surface area contributed by atoms with Crippen molar-refractivity contribution in [2.75, 3.05) is 25.6 Å². The Hall–Kier alpha value is -3.28. The summed E-state index contributed by atoms with van der Waals surface area (Å²) in [6, 6.07) is 13.0. The zero-order valence-electron chi connectivity index (χ0n) is 16.3. The standard InChI is InChI=1S/C21H24N2O6/c1-3-28-19(10-11-24)20(15-6-9-18(27-2)17(25)12-15)29-21(26)23-16-7-4-14(13-22)5-8-16/h4-9,12,19-20,24-25H,3,10-11H2,1-2H3,(H,23,26)/t19-,20-/m0/s1. The SMILES string of the molecule is CCO[C@@H](CCO)[C@@H](OC(=O)Nc1ccc(C#N)cc1)c1ccc(OC)c(O)c1. The first-order chi connectivity index (χ1) is 14.0. The fraction of sp³-hybridized carbons (Fsp3) is 0.333. The third-order valence-corrected chi connectivity index (χ3v) is 4.16. The van der Waals surface area contributed by atoms with E-state index >= 15 is 0 Å². The lowest BCUT2D eigenvalue weighted by Crippen LogP contribution is -2.29. The summed E-state index contributed by atoms with van der Waals surface area (Å²) >= 11 is 0. The summed E-state index contributed by atoms with van der Waals surface area (Å²) in [5.41, 5.74) is 1.42. The molecule has 2 aromatic carbocycles. The van der Waals surface area contributed by atoms with E-state index in [-0.39, 0.29) is 24.5 Å². The van der Waals surface area contributed by atoms with E-state index in [2.05, 4.69) is 5.32 Å². The molecule has 0 aliphatic rings. The van der Waals surface area contributed by atoms with Crippen molar-refractivity contribution >= 4 is 11.8 Å². The quantitative estimate of drug-likeness (QED) is 0.590. The molecule has 0 unspecified atom stereocenters. The molecule has 2 atom stereocenters. The maximum Gasteiger partial charge on any atom is 0.412 e. The second kappa shape index (κ2) is 10.9. The summed E-state index contributed by atoms with van der Waals surface area (Å²) in [4.78, 5) is 12.5. The number of carbonyl (C=O) groups is 1. The van der Waals surface area contributed by atoms with Gasteiger partial charge in [-0.2, -0.15) is 5.26 Å². The van der Waals surface area contributed by atoms with Crippen molar-refractivity contribution < 1.29 is 29.2 Å². The number of aliphatic hydroxyl groups is 1. The molecule has 2 aromatic rings. The number of aromatic hydroxyl groups is 1. The third kappa shape index (κ3) is 6.10. The van der Waals surface area contributed by atoms with E-state index < -0.39 is 18.3 Å². The van der Waals surface area contributed by atoms with Crippen molar-refractivity contribution in [3.8, 4) is 17.6 Å². The number of hydrogen-bond acceptors (Lipinski definition) is 7. The van der Waals surface area contributed by atoms with Gasteiger partial charge in [-0.05, 0) is 48.9 Å². The molecule has 0 bridgehead atoms. The van der Waals surface area contributed by atoms with Crippen LogP contribution in [0.25, 0.3) is 0 Å². The number of ether oxygens (including phenoxy) is 3. The van der Waals surface area contributed by atoms with Gasteiger partial charge in [-0.25, -0.2) is 4.79 Å². The lowest BCUT2D eigenvalue weighted by Gasteiger charge is -2.27. The molecule has 0 spiro atoms. The minimum Gasteiger partial charge on any atom is -0.504 e. The molecule has 8 nitrogen and oxygen atoms in total. The lowest BCUT2D eigenvalue weighted by molar-refractivity contribution is -0.0484. The molecule has 3 N–H and O–H groups in total. The van der Waals surface area contributed by atoms with E-state index in [1.807, 2.05) is 6.07 Å². The Kier molecular flexibility index (Phi) is 8.27. The molecule has 0 heterocycles. The molecule has 0 aliphatic carbocycles. The van der Waals surface area contributed by atoms with Crippen molar-refractivity contribution in [2.45, 2.75) is 25.6 Å². The third-order valence-electron chi connectivity index (χ3n) is 4.16. The first kappa shape index (κ1) is 22.0. The average Bonchev–Trinajstić information content (AvgIpc) is 2.72. The summed E-state index contributed by atoms with van der Waals surface area (Å²) in [5, 5.41) is 30.9. The molecular weight excluding hydrogens is 376 g/mol. The molecule has 0 aliphatic heterocycles. The Balaban J connectivity index is 2.24. The first-order valence-electron chi connectivity index (χ1n) is 9.09. The Morgan fingerprint density at radius 1 is 1.24 bits per heavy atom. The Labute approximate surface area is 169 Å². The van der Waals surface area contributed by atoms with Gasteiger partial charge in [0.05, 0.1) is 18.7 Å². The summed E-state index contributed by atoms with van der Waals surface area (Å²) in [6.07, 6.45) is -2.01. The highest BCUT2D eigenvalue weighted by atomic mass is 16.6. The van der Waals surface area contributed by atoms with Crippen LogP contribution in [0, 0.1) is 11.3 Å². The van der Waals surface area contributed by atoms with Crippen LogP contribution in [-0.2, 0) is 9.47 Å². The zero-order chi connectivity index (χ0) is 21.2. The van der Waals surface area contributed by atoms with E-state index in [9.17, 15) is 15.0 Å². The van der Waals surface area contributed by atoms with Gasteiger partial charge in [0.1, 0.15) is 6.10 Å².